The Hall–Kier alpha value is -0.770. The lowest BCUT2D eigenvalue weighted by molar-refractivity contribution is -0.0235. The zero-order valence-electron chi connectivity index (χ0n) is 13.2. The maximum atomic E-state index is 10.4. The summed E-state index contributed by atoms with van der Waals surface area (Å²) < 4.78 is 6.30. The highest BCUT2D eigenvalue weighted by Crippen LogP contribution is 2.38. The maximum Gasteiger partial charge on any atom is 0.125 e. The fourth-order valence-electron chi connectivity index (χ4n) is 4.51. The molecule has 3 aliphatic rings. The number of halogens is 1. The predicted molar refractivity (Wildman–Crippen MR) is 90.0 cm³/mol. The second-order valence-corrected chi connectivity index (χ2v) is 7.06. The SMILES string of the molecule is Cc1ccc(O[C@@H]2C[C@@H]3CNC[C@@H]3C[C@H]2O)c2c1CCC2.Cl. The van der Waals surface area contributed by atoms with Crippen molar-refractivity contribution in [3.05, 3.63) is 28.8 Å². The average molecular weight is 324 g/mol. The van der Waals surface area contributed by atoms with Crippen LogP contribution < -0.4 is 10.1 Å². The van der Waals surface area contributed by atoms with Crippen LogP contribution in [0.25, 0.3) is 0 Å². The molecule has 0 unspecified atom stereocenters. The standard InChI is InChI=1S/C18H25NO2.ClH/c1-11-5-6-17(15-4-2-3-14(11)15)21-18-8-13-10-19-9-12(13)7-16(18)20;/h5-6,12-13,16,18-20H,2-4,7-10H2,1H3;1H/t12-,13+,16+,18+;/m0./s1. The molecule has 1 aromatic carbocycles. The number of fused-ring (bicyclic) bond motifs is 2. The Balaban J connectivity index is 0.00000144. The molecule has 1 saturated carbocycles. The van der Waals surface area contributed by atoms with Crippen LogP contribution in [0.2, 0.25) is 0 Å². The van der Waals surface area contributed by atoms with Gasteiger partial charge in [0, 0.05) is 0 Å². The molecule has 4 rings (SSSR count). The van der Waals surface area contributed by atoms with Crippen LogP contribution in [0, 0.1) is 18.8 Å². The summed E-state index contributed by atoms with van der Waals surface area (Å²) >= 11 is 0. The summed E-state index contributed by atoms with van der Waals surface area (Å²) in [4.78, 5) is 0. The quantitative estimate of drug-likeness (QED) is 0.879. The summed E-state index contributed by atoms with van der Waals surface area (Å²) in [6, 6.07) is 4.29. The zero-order chi connectivity index (χ0) is 14.4. The van der Waals surface area contributed by atoms with Crippen LogP contribution in [0.5, 0.6) is 5.75 Å². The molecule has 0 bridgehead atoms. The Kier molecular flexibility index (Phi) is 4.67. The van der Waals surface area contributed by atoms with Crippen LogP contribution >= 0.6 is 12.4 Å². The largest absolute Gasteiger partial charge is 0.487 e. The van der Waals surface area contributed by atoms with E-state index in [0.717, 1.165) is 38.1 Å². The Bertz CT molecular complexity index is 548. The van der Waals surface area contributed by atoms with E-state index in [4.69, 9.17) is 4.74 Å². The molecule has 2 fully saturated rings. The van der Waals surface area contributed by atoms with Crippen molar-refractivity contribution in [2.75, 3.05) is 13.1 Å². The number of ether oxygens (including phenoxy) is 1. The van der Waals surface area contributed by atoms with Gasteiger partial charge in [-0.25, -0.2) is 0 Å². The van der Waals surface area contributed by atoms with Crippen LogP contribution in [0.15, 0.2) is 12.1 Å². The lowest BCUT2D eigenvalue weighted by atomic mass is 9.78. The fourth-order valence-corrected chi connectivity index (χ4v) is 4.51. The lowest BCUT2D eigenvalue weighted by Gasteiger charge is -2.35. The van der Waals surface area contributed by atoms with Crippen molar-refractivity contribution in [3.8, 4) is 5.75 Å². The van der Waals surface area contributed by atoms with E-state index in [1.807, 2.05) is 0 Å². The van der Waals surface area contributed by atoms with Crippen LogP contribution in [0.4, 0.5) is 0 Å². The van der Waals surface area contributed by atoms with Crippen LogP contribution in [0.1, 0.15) is 36.0 Å². The zero-order valence-corrected chi connectivity index (χ0v) is 14.0. The van der Waals surface area contributed by atoms with Crippen LogP contribution in [-0.2, 0) is 12.8 Å². The monoisotopic (exact) mass is 323 g/mol. The lowest BCUT2D eigenvalue weighted by Crippen LogP contribution is -2.42. The van der Waals surface area contributed by atoms with Crippen molar-refractivity contribution < 1.29 is 9.84 Å². The highest BCUT2D eigenvalue weighted by atomic mass is 35.5. The topological polar surface area (TPSA) is 41.5 Å². The number of benzene rings is 1. The van der Waals surface area contributed by atoms with Gasteiger partial charge in [0.05, 0.1) is 6.10 Å². The average Bonchev–Trinajstić information content (AvgIpc) is 3.11. The molecule has 1 heterocycles. The number of rotatable bonds is 2. The van der Waals surface area contributed by atoms with Gasteiger partial charge in [0.1, 0.15) is 11.9 Å². The van der Waals surface area contributed by atoms with Crippen LogP contribution in [0.3, 0.4) is 0 Å². The minimum atomic E-state index is -0.315. The third-order valence-electron chi connectivity index (χ3n) is 5.74. The first-order valence-electron chi connectivity index (χ1n) is 8.39. The maximum absolute atomic E-state index is 10.4. The smallest absolute Gasteiger partial charge is 0.125 e. The molecule has 0 radical (unpaired) electrons. The number of nitrogens with one attached hydrogen (secondary N) is 1. The van der Waals surface area contributed by atoms with E-state index in [2.05, 4.69) is 24.4 Å². The minimum Gasteiger partial charge on any atom is -0.487 e. The number of aliphatic hydroxyl groups is 1. The first kappa shape index (κ1) is 16.1. The molecule has 2 aliphatic carbocycles. The van der Waals surface area contributed by atoms with Gasteiger partial charge in [-0.15, -0.1) is 12.4 Å². The third-order valence-corrected chi connectivity index (χ3v) is 5.74. The van der Waals surface area contributed by atoms with Crippen molar-refractivity contribution in [3.63, 3.8) is 0 Å². The number of aryl methyl sites for hydroxylation is 1. The molecule has 0 aromatic heterocycles. The molecule has 4 heteroatoms. The summed E-state index contributed by atoms with van der Waals surface area (Å²) in [6.45, 7) is 4.34. The molecule has 2 N–H and O–H groups in total. The highest BCUT2D eigenvalue weighted by Gasteiger charge is 2.40. The molecule has 122 valence electrons. The molecule has 1 aromatic rings. The Morgan fingerprint density at radius 3 is 2.64 bits per heavy atom. The molecule has 0 spiro atoms. The summed E-state index contributed by atoms with van der Waals surface area (Å²) in [6.07, 6.45) is 5.07. The second kappa shape index (κ2) is 6.38. The van der Waals surface area contributed by atoms with Gasteiger partial charge in [-0.3, -0.25) is 0 Å². The van der Waals surface area contributed by atoms with Gasteiger partial charge >= 0.3 is 0 Å². The van der Waals surface area contributed by atoms with Crippen LogP contribution in [-0.4, -0.2) is 30.4 Å². The van der Waals surface area contributed by atoms with Crippen molar-refractivity contribution in [1.82, 2.24) is 5.32 Å². The van der Waals surface area contributed by atoms with Gasteiger partial charge in [-0.05, 0) is 86.7 Å². The van der Waals surface area contributed by atoms with Gasteiger partial charge in [0.2, 0.25) is 0 Å². The first-order chi connectivity index (χ1) is 10.2. The summed E-state index contributed by atoms with van der Waals surface area (Å²) in [5.41, 5.74) is 4.27. The predicted octanol–water partition coefficient (Wildman–Crippen LogP) is 2.64. The normalized spacial score (nSPS) is 33.0. The van der Waals surface area contributed by atoms with Crippen molar-refractivity contribution >= 4 is 12.4 Å². The van der Waals surface area contributed by atoms with Gasteiger partial charge in [0.25, 0.3) is 0 Å². The number of hydrogen-bond donors (Lipinski definition) is 2. The van der Waals surface area contributed by atoms with Crippen molar-refractivity contribution in [2.45, 2.75) is 51.2 Å². The summed E-state index contributed by atoms with van der Waals surface area (Å²) in [5, 5.41) is 13.9. The summed E-state index contributed by atoms with van der Waals surface area (Å²) in [5.74, 6) is 2.35. The Morgan fingerprint density at radius 2 is 1.82 bits per heavy atom. The minimum absolute atomic E-state index is 0. The molecule has 3 nitrogen and oxygen atoms in total. The molecular weight excluding hydrogens is 298 g/mol. The van der Waals surface area contributed by atoms with E-state index in [9.17, 15) is 5.11 Å². The van der Waals surface area contributed by atoms with E-state index < -0.39 is 0 Å². The molecule has 4 atom stereocenters. The first-order valence-corrected chi connectivity index (χ1v) is 8.39. The highest BCUT2D eigenvalue weighted by molar-refractivity contribution is 5.85. The number of aliphatic hydroxyl groups excluding tert-OH is 1. The van der Waals surface area contributed by atoms with Gasteiger partial charge in [-0.1, -0.05) is 6.07 Å². The second-order valence-electron chi connectivity index (χ2n) is 7.06. The van der Waals surface area contributed by atoms with Gasteiger partial charge < -0.3 is 15.2 Å². The van der Waals surface area contributed by atoms with E-state index in [1.54, 1.807) is 0 Å². The Labute approximate surface area is 138 Å². The third kappa shape index (κ3) is 2.75. The molecule has 0 amide bonds. The van der Waals surface area contributed by atoms with Gasteiger partial charge in [-0.2, -0.15) is 0 Å². The molecule has 1 saturated heterocycles. The molecular formula is C18H26ClNO2. The van der Waals surface area contributed by atoms with E-state index in [-0.39, 0.29) is 24.6 Å². The van der Waals surface area contributed by atoms with E-state index in [1.165, 1.54) is 29.5 Å². The molecule has 22 heavy (non-hydrogen) atoms. The van der Waals surface area contributed by atoms with E-state index >= 15 is 0 Å². The van der Waals surface area contributed by atoms with Gasteiger partial charge in [0.15, 0.2) is 0 Å². The fraction of sp³-hybridized carbons (Fsp3) is 0.667. The van der Waals surface area contributed by atoms with Crippen molar-refractivity contribution in [1.29, 1.82) is 0 Å². The molecule has 1 aliphatic heterocycles. The van der Waals surface area contributed by atoms with Crippen molar-refractivity contribution in [2.24, 2.45) is 11.8 Å². The summed E-state index contributed by atoms with van der Waals surface area (Å²) in [7, 11) is 0. The van der Waals surface area contributed by atoms with E-state index in [0.29, 0.717) is 11.8 Å². The Morgan fingerprint density at radius 1 is 1.09 bits per heavy atom. The number of hydrogen-bond acceptors (Lipinski definition) is 3.